The van der Waals surface area contributed by atoms with E-state index in [1.165, 1.54) is 17.0 Å². The third kappa shape index (κ3) is 17.9. The second-order valence-electron chi connectivity index (χ2n) is 21.5. The Balaban J connectivity index is 0.583. The van der Waals surface area contributed by atoms with Crippen molar-refractivity contribution in [3.8, 4) is 16.9 Å². The van der Waals surface area contributed by atoms with Crippen molar-refractivity contribution in [1.82, 2.24) is 35.3 Å². The van der Waals surface area contributed by atoms with Gasteiger partial charge in [-0.25, -0.2) is 14.2 Å². The molecule has 0 spiro atoms. The molecule has 9 rings (SSSR count). The maximum Gasteiger partial charge on any atom is 0.319 e. The molecule has 478 valence electrons. The summed E-state index contributed by atoms with van der Waals surface area (Å²) in [7, 11) is 1.69. The highest BCUT2D eigenvalue weighted by atomic mass is 35.5. The number of carbonyl (C=O) groups is 6. The maximum absolute atomic E-state index is 17.0. The Bertz CT molecular complexity index is 3580. The Kier molecular flexibility index (Phi) is 24.0. The second kappa shape index (κ2) is 32.6. The van der Waals surface area contributed by atoms with E-state index < -0.39 is 23.8 Å². The third-order valence-corrected chi connectivity index (χ3v) is 15.8. The highest BCUT2D eigenvalue weighted by molar-refractivity contribution is 6.35. The molecule has 90 heavy (non-hydrogen) atoms. The molecular formula is C64H73Cl2FN10O13. The van der Waals surface area contributed by atoms with Crippen LogP contribution in [0, 0.1) is 5.82 Å². The van der Waals surface area contributed by atoms with Crippen LogP contribution in [-0.2, 0) is 67.1 Å². The number of ether oxygens (including phenoxy) is 6. The van der Waals surface area contributed by atoms with E-state index in [4.69, 9.17) is 56.6 Å². The number of phenols is 1. The van der Waals surface area contributed by atoms with E-state index in [9.17, 15) is 33.9 Å². The van der Waals surface area contributed by atoms with Gasteiger partial charge in [-0.2, -0.15) is 4.98 Å². The monoisotopic (exact) mass is 1280 g/mol. The predicted molar refractivity (Wildman–Crippen MR) is 337 cm³/mol. The Morgan fingerprint density at radius 3 is 2.16 bits per heavy atom. The zero-order chi connectivity index (χ0) is 63.5. The summed E-state index contributed by atoms with van der Waals surface area (Å²) in [5.41, 5.74) is 3.89. The maximum atomic E-state index is 17.0. The van der Waals surface area contributed by atoms with Gasteiger partial charge < -0.3 is 69.1 Å². The van der Waals surface area contributed by atoms with E-state index in [0.29, 0.717) is 162 Å². The fraction of sp³-hybridized carbons (Fsp3) is 0.406. The van der Waals surface area contributed by atoms with Gasteiger partial charge in [-0.05, 0) is 94.4 Å². The summed E-state index contributed by atoms with van der Waals surface area (Å²) in [5, 5.41) is 24.0. The fourth-order valence-corrected chi connectivity index (χ4v) is 11.2. The first-order chi connectivity index (χ1) is 43.6. The van der Waals surface area contributed by atoms with Crippen molar-refractivity contribution in [3.63, 3.8) is 0 Å². The van der Waals surface area contributed by atoms with Gasteiger partial charge in [-0.15, -0.1) is 0 Å². The fourth-order valence-electron chi connectivity index (χ4n) is 10.7. The average Bonchev–Trinajstić information content (AvgIpc) is 0.879. The summed E-state index contributed by atoms with van der Waals surface area (Å²) in [6, 6.07) is 21.4. The molecular weight excluding hydrogens is 1210 g/mol. The predicted octanol–water partition coefficient (Wildman–Crippen LogP) is 7.12. The van der Waals surface area contributed by atoms with Crippen LogP contribution in [-0.4, -0.2) is 197 Å². The first-order valence-corrected chi connectivity index (χ1v) is 30.5. The molecule has 4 heterocycles. The van der Waals surface area contributed by atoms with E-state index in [1.54, 1.807) is 47.2 Å². The molecule has 0 saturated carbocycles. The molecule has 1 atom stereocenters. The number of piperazine rings is 1. The molecule has 7 amide bonds. The molecule has 3 aliphatic rings. The topological polar surface area (TPSA) is 265 Å². The molecule has 0 bridgehead atoms. The molecule has 6 aromatic rings. The lowest BCUT2D eigenvalue weighted by Crippen LogP contribution is -2.52. The van der Waals surface area contributed by atoms with Crippen LogP contribution in [0.25, 0.3) is 32.8 Å². The first kappa shape index (κ1) is 66.4. The Hall–Kier alpha value is -8.07. The summed E-state index contributed by atoms with van der Waals surface area (Å²) in [4.78, 5) is 91.4. The van der Waals surface area contributed by atoms with Crippen molar-refractivity contribution in [2.45, 2.75) is 44.8 Å². The van der Waals surface area contributed by atoms with Crippen molar-refractivity contribution >= 4 is 97.9 Å². The molecule has 2 fully saturated rings. The highest BCUT2D eigenvalue weighted by Crippen LogP contribution is 2.42. The zero-order valence-electron chi connectivity index (χ0n) is 50.0. The Morgan fingerprint density at radius 1 is 0.789 bits per heavy atom. The molecule has 5 N–H and O–H groups in total. The molecule has 2 saturated heterocycles. The number of hydrogen-bond donors (Lipinski definition) is 5. The number of halogens is 3. The van der Waals surface area contributed by atoms with Gasteiger partial charge in [0.05, 0.1) is 84.3 Å². The van der Waals surface area contributed by atoms with Gasteiger partial charge in [0.25, 0.3) is 5.91 Å². The van der Waals surface area contributed by atoms with Crippen molar-refractivity contribution in [2.75, 3.05) is 141 Å². The van der Waals surface area contributed by atoms with Crippen LogP contribution in [0.15, 0.2) is 91.5 Å². The van der Waals surface area contributed by atoms with Crippen LogP contribution < -0.4 is 26.2 Å². The Morgan fingerprint density at radius 2 is 1.47 bits per heavy atom. The molecule has 23 nitrogen and oxygen atoms in total. The largest absolute Gasteiger partial charge is 0.508 e. The van der Waals surface area contributed by atoms with Crippen LogP contribution in [0.4, 0.5) is 26.6 Å². The van der Waals surface area contributed by atoms with E-state index >= 15 is 4.39 Å². The quantitative estimate of drug-likeness (QED) is 0.0160. The second-order valence-corrected chi connectivity index (χ2v) is 22.4. The minimum absolute atomic E-state index is 0.00236. The number of piperidine rings is 1. The number of rotatable bonds is 32. The minimum Gasteiger partial charge on any atom is -0.508 e. The van der Waals surface area contributed by atoms with Gasteiger partial charge in [0.2, 0.25) is 29.6 Å². The summed E-state index contributed by atoms with van der Waals surface area (Å²) in [6.45, 7) is 10.6. The lowest BCUT2D eigenvalue weighted by molar-refractivity contribution is -0.137. The smallest absolute Gasteiger partial charge is 0.319 e. The molecule has 3 aliphatic heterocycles. The summed E-state index contributed by atoms with van der Waals surface area (Å²) in [5.74, 6) is -1.62. The van der Waals surface area contributed by atoms with E-state index in [-0.39, 0.29) is 90.3 Å². The SMILES string of the molecule is C=CC(=O)N1CCN(c2nc(NCCC(=O)N(C)CCOCCOCCOCCOCCOCCOCCc3cc(Cl)cc(NC(=O)NCc4ccc5c(c4)CN(C4CCC(=O)NC4=O)C5=O)c3)nc3c(F)c(-c4cc(O)cc5ccccc45)c(Cl)cc23)CC1. The lowest BCUT2D eigenvalue weighted by atomic mass is 9.96. The highest BCUT2D eigenvalue weighted by Gasteiger charge is 2.39. The number of hydrogen-bond acceptors (Lipinski definition) is 17. The van der Waals surface area contributed by atoms with Crippen molar-refractivity contribution < 1.29 is 66.7 Å². The van der Waals surface area contributed by atoms with E-state index in [2.05, 4.69) is 32.8 Å². The number of aromatic nitrogens is 2. The molecule has 1 unspecified atom stereocenters. The number of urea groups is 1. The van der Waals surface area contributed by atoms with Crippen LogP contribution in [0.3, 0.4) is 0 Å². The van der Waals surface area contributed by atoms with E-state index in [0.717, 1.165) is 16.7 Å². The number of anilines is 3. The number of nitrogens with zero attached hydrogens (tertiary/aromatic N) is 6. The van der Waals surface area contributed by atoms with E-state index in [1.807, 2.05) is 47.4 Å². The van der Waals surface area contributed by atoms with Crippen molar-refractivity contribution in [1.29, 1.82) is 0 Å². The number of nitrogens with one attached hydrogen (secondary N) is 4. The number of fused-ring (bicyclic) bond motifs is 3. The minimum atomic E-state index is -0.701. The third-order valence-electron chi connectivity index (χ3n) is 15.3. The zero-order valence-corrected chi connectivity index (χ0v) is 51.5. The summed E-state index contributed by atoms with van der Waals surface area (Å²) >= 11 is 13.2. The number of aromatic hydroxyl groups is 1. The number of imide groups is 1. The number of amides is 7. The van der Waals surface area contributed by atoms with Crippen LogP contribution in [0.2, 0.25) is 10.0 Å². The standard InChI is InChI=1S/C64H73Cl2FN10O13/c1-3-55(80)75-15-17-76(18-16-75)60-51-38-52(66)57(50-37-47(78)35-43-6-4-5-7-48(43)50)58(67)59(51)72-63(73-60)68-14-12-56(81)74(2)19-21-86-23-25-88-27-29-90-31-30-89-28-26-87-24-22-85-20-13-41-33-45(65)36-46(34-41)70-64(84)69-39-42-8-9-49-44(32-42)40-77(62(49)83)53-10-11-54(79)71-61(53)82/h3-9,32-38,53,78H,1,10-31,39-40H2,2H3,(H,68,72,73)(H2,69,70,84)(H,71,79,82). The van der Waals surface area contributed by atoms with Crippen molar-refractivity contribution in [3.05, 3.63) is 130 Å². The van der Waals surface area contributed by atoms with Gasteiger partial charge in [-0.1, -0.05) is 66.2 Å². The molecule has 1 aromatic heterocycles. The van der Waals surface area contributed by atoms with Crippen molar-refractivity contribution in [2.24, 2.45) is 0 Å². The van der Waals surface area contributed by atoms with Gasteiger partial charge >= 0.3 is 6.03 Å². The van der Waals surface area contributed by atoms with Gasteiger partial charge in [0, 0.05) is 99.5 Å². The number of phenolic OH excluding ortho intramolecular Hbond substituents is 1. The molecule has 0 radical (unpaired) electrons. The average molecular weight is 1280 g/mol. The van der Waals surface area contributed by atoms with Crippen LogP contribution >= 0.6 is 23.2 Å². The van der Waals surface area contributed by atoms with Gasteiger partial charge in [0.1, 0.15) is 23.1 Å². The molecule has 0 aliphatic carbocycles. The normalized spacial score (nSPS) is 14.9. The molecule has 5 aromatic carbocycles. The summed E-state index contributed by atoms with van der Waals surface area (Å²) in [6.07, 6.45) is 2.38. The van der Waals surface area contributed by atoms with Crippen LogP contribution in [0.1, 0.15) is 46.3 Å². The number of likely N-dealkylation sites (N-methyl/N-ethyl adjacent to an activating group) is 1. The summed E-state index contributed by atoms with van der Waals surface area (Å²) < 4.78 is 50.8. The van der Waals surface area contributed by atoms with Gasteiger partial charge in [-0.3, -0.25) is 29.3 Å². The lowest BCUT2D eigenvalue weighted by Gasteiger charge is -2.35. The molecule has 26 heteroatoms. The van der Waals surface area contributed by atoms with Gasteiger partial charge in [0.15, 0.2) is 5.82 Å². The number of benzene rings is 5. The number of carbonyl (C=O) groups excluding carboxylic acids is 6. The first-order valence-electron chi connectivity index (χ1n) is 29.8. The van der Waals surface area contributed by atoms with Crippen LogP contribution in [0.5, 0.6) is 5.75 Å². The Labute approximate surface area is 530 Å².